The number of nitrogens with one attached hydrogen (secondary N) is 2. The lowest BCUT2D eigenvalue weighted by Crippen LogP contribution is -2.15. The zero-order chi connectivity index (χ0) is 24.9. The molecule has 0 fully saturated rings. The average molecular weight is 486 g/mol. The van der Waals surface area contributed by atoms with Gasteiger partial charge in [0, 0.05) is 11.3 Å². The second kappa shape index (κ2) is 10.4. The van der Waals surface area contributed by atoms with E-state index >= 15 is 0 Å². The number of aryl methyl sites for hydroxylation is 2. The number of benzene rings is 3. The predicted molar refractivity (Wildman–Crippen MR) is 143 cm³/mol. The highest BCUT2D eigenvalue weighted by Gasteiger charge is 2.27. The topological polar surface area (TPSA) is 93.5 Å². The Morgan fingerprint density at radius 2 is 1.60 bits per heavy atom. The zero-order valence-electron chi connectivity index (χ0n) is 19.8. The fourth-order valence-corrected chi connectivity index (χ4v) is 4.81. The third kappa shape index (κ3) is 5.05. The van der Waals surface area contributed by atoms with E-state index in [0.717, 1.165) is 23.2 Å². The van der Waals surface area contributed by atoms with Crippen LogP contribution in [0, 0.1) is 6.92 Å². The maximum atomic E-state index is 13.5. The summed E-state index contributed by atoms with van der Waals surface area (Å²) in [5.41, 5.74) is 10.8. The highest BCUT2D eigenvalue weighted by Crippen LogP contribution is 2.40. The van der Waals surface area contributed by atoms with Crippen molar-refractivity contribution >= 4 is 45.1 Å². The predicted octanol–water partition coefficient (Wildman–Crippen LogP) is 6.44. The Balaban J connectivity index is 1.76. The number of nitrogen functional groups attached to an aromatic ring is 1. The van der Waals surface area contributed by atoms with Crippen molar-refractivity contribution in [2.75, 3.05) is 23.5 Å². The van der Waals surface area contributed by atoms with E-state index in [1.165, 1.54) is 18.4 Å². The third-order valence-corrected chi connectivity index (χ3v) is 6.87. The van der Waals surface area contributed by atoms with Crippen LogP contribution < -0.4 is 21.1 Å². The van der Waals surface area contributed by atoms with E-state index < -0.39 is 5.91 Å². The molecule has 1 heterocycles. The van der Waals surface area contributed by atoms with Gasteiger partial charge in [0.05, 0.1) is 24.0 Å². The van der Waals surface area contributed by atoms with Gasteiger partial charge in [-0.1, -0.05) is 61.5 Å². The number of methoxy groups -OCH3 is 1. The lowest BCUT2D eigenvalue weighted by Gasteiger charge is -2.12. The molecule has 4 N–H and O–H groups in total. The number of hydrogen-bond donors (Lipinski definition) is 3. The molecule has 0 aliphatic carbocycles. The second-order valence-electron chi connectivity index (χ2n) is 8.02. The van der Waals surface area contributed by atoms with E-state index in [1.807, 2.05) is 49.4 Å². The summed E-state index contributed by atoms with van der Waals surface area (Å²) in [6, 6.07) is 22.3. The molecule has 0 aliphatic heterocycles. The van der Waals surface area contributed by atoms with E-state index in [9.17, 15) is 9.59 Å². The van der Waals surface area contributed by atoms with E-state index in [0.29, 0.717) is 26.9 Å². The summed E-state index contributed by atoms with van der Waals surface area (Å²) in [6.07, 6.45) is 0.882. The van der Waals surface area contributed by atoms with Gasteiger partial charge in [0.15, 0.2) is 0 Å². The van der Waals surface area contributed by atoms with Gasteiger partial charge in [-0.2, -0.15) is 0 Å². The summed E-state index contributed by atoms with van der Waals surface area (Å²) in [4.78, 5) is 27.2. The van der Waals surface area contributed by atoms with Crippen molar-refractivity contribution in [3.8, 4) is 5.75 Å². The van der Waals surface area contributed by atoms with Gasteiger partial charge in [-0.05, 0) is 42.7 Å². The molecule has 4 rings (SSSR count). The first kappa shape index (κ1) is 24.0. The number of thiophene rings is 1. The van der Waals surface area contributed by atoms with Crippen molar-refractivity contribution in [2.45, 2.75) is 20.3 Å². The summed E-state index contributed by atoms with van der Waals surface area (Å²) in [5.74, 6) is -0.130. The fraction of sp³-hybridized carbons (Fsp3) is 0.143. The maximum Gasteiger partial charge on any atom is 0.260 e. The summed E-state index contributed by atoms with van der Waals surface area (Å²) >= 11 is 1.17. The molecule has 6 nitrogen and oxygen atoms in total. The van der Waals surface area contributed by atoms with Crippen molar-refractivity contribution in [3.05, 3.63) is 99.9 Å². The highest BCUT2D eigenvalue weighted by atomic mass is 32.1. The van der Waals surface area contributed by atoms with Gasteiger partial charge in [0.25, 0.3) is 5.91 Å². The molecule has 0 saturated carbocycles. The molecule has 0 spiro atoms. The molecule has 0 bridgehead atoms. The van der Waals surface area contributed by atoms with E-state index in [2.05, 4.69) is 17.6 Å². The van der Waals surface area contributed by atoms with Gasteiger partial charge in [0.2, 0.25) is 5.78 Å². The summed E-state index contributed by atoms with van der Waals surface area (Å²) in [6.45, 7) is 4.03. The summed E-state index contributed by atoms with van der Waals surface area (Å²) in [5, 5.41) is 6.69. The molecule has 0 aliphatic rings. The Hall–Kier alpha value is -4.10. The molecule has 1 amide bonds. The highest BCUT2D eigenvalue weighted by molar-refractivity contribution is 7.19. The van der Waals surface area contributed by atoms with Crippen molar-refractivity contribution in [1.82, 2.24) is 0 Å². The zero-order valence-corrected chi connectivity index (χ0v) is 20.7. The fourth-order valence-electron chi connectivity index (χ4n) is 3.72. The van der Waals surface area contributed by atoms with Crippen LogP contribution in [-0.4, -0.2) is 18.8 Å². The first-order valence-electron chi connectivity index (χ1n) is 11.3. The average Bonchev–Trinajstić information content (AvgIpc) is 3.21. The van der Waals surface area contributed by atoms with Crippen LogP contribution in [0.15, 0.2) is 72.8 Å². The smallest absolute Gasteiger partial charge is 0.260 e. The second-order valence-corrected chi connectivity index (χ2v) is 9.04. The monoisotopic (exact) mass is 485 g/mol. The summed E-state index contributed by atoms with van der Waals surface area (Å²) < 4.78 is 5.36. The number of carbonyl (C=O) groups excluding carboxylic acids is 2. The number of rotatable bonds is 8. The molecule has 0 radical (unpaired) electrons. The van der Waals surface area contributed by atoms with Crippen molar-refractivity contribution in [2.24, 2.45) is 0 Å². The normalized spacial score (nSPS) is 10.6. The molecule has 0 atom stereocenters. The SMILES string of the molecule is CCc1ccc(C(=O)c2sc(Nc3ccccc3C)c(C(=O)Nc3ccccc3OC)c2N)cc1. The lowest BCUT2D eigenvalue weighted by atomic mass is 10.0. The Kier molecular flexibility index (Phi) is 7.17. The van der Waals surface area contributed by atoms with Gasteiger partial charge in [-0.3, -0.25) is 9.59 Å². The van der Waals surface area contributed by atoms with Crippen LogP contribution in [0.2, 0.25) is 0 Å². The van der Waals surface area contributed by atoms with Gasteiger partial charge >= 0.3 is 0 Å². The Labute approximate surface area is 208 Å². The third-order valence-electron chi connectivity index (χ3n) is 5.75. The minimum atomic E-state index is -0.431. The first-order valence-corrected chi connectivity index (χ1v) is 12.1. The minimum absolute atomic E-state index is 0.142. The number of nitrogens with two attached hydrogens (primary N) is 1. The van der Waals surface area contributed by atoms with Crippen LogP contribution in [0.4, 0.5) is 22.1 Å². The molecule has 35 heavy (non-hydrogen) atoms. The van der Waals surface area contributed by atoms with E-state index in [1.54, 1.807) is 30.3 Å². The standard InChI is InChI=1S/C28H27N3O3S/c1-4-18-13-15-19(16-14-18)25(32)26-24(29)23(27(33)30-21-11-7-8-12-22(21)34-3)28(35-26)31-20-10-6-5-9-17(20)2/h5-16,31H,4,29H2,1-3H3,(H,30,33). The molecule has 7 heteroatoms. The molecule has 178 valence electrons. The Bertz CT molecular complexity index is 1380. The Morgan fingerprint density at radius 1 is 0.943 bits per heavy atom. The number of carbonyl (C=O) groups is 2. The summed E-state index contributed by atoms with van der Waals surface area (Å²) in [7, 11) is 1.54. The van der Waals surface area contributed by atoms with Gasteiger partial charge in [-0.15, -0.1) is 11.3 Å². The lowest BCUT2D eigenvalue weighted by molar-refractivity contribution is 0.102. The number of para-hydroxylation sites is 3. The van der Waals surface area contributed by atoms with Crippen molar-refractivity contribution < 1.29 is 14.3 Å². The van der Waals surface area contributed by atoms with E-state index in [-0.39, 0.29) is 17.0 Å². The number of ketones is 1. The van der Waals surface area contributed by atoms with Gasteiger partial charge < -0.3 is 21.1 Å². The van der Waals surface area contributed by atoms with Crippen LogP contribution >= 0.6 is 11.3 Å². The van der Waals surface area contributed by atoms with Crippen molar-refractivity contribution in [3.63, 3.8) is 0 Å². The van der Waals surface area contributed by atoms with Gasteiger partial charge in [-0.25, -0.2) is 0 Å². The number of anilines is 4. The van der Waals surface area contributed by atoms with Crippen LogP contribution in [-0.2, 0) is 6.42 Å². The molecule has 0 unspecified atom stereocenters. The van der Waals surface area contributed by atoms with Crippen LogP contribution in [0.5, 0.6) is 5.75 Å². The minimum Gasteiger partial charge on any atom is -0.495 e. The van der Waals surface area contributed by atoms with Crippen LogP contribution in [0.1, 0.15) is 43.6 Å². The molecular formula is C28H27N3O3S. The number of hydrogen-bond acceptors (Lipinski definition) is 6. The first-order chi connectivity index (χ1) is 16.9. The maximum absolute atomic E-state index is 13.5. The largest absolute Gasteiger partial charge is 0.495 e. The number of ether oxygens (including phenoxy) is 1. The van der Waals surface area contributed by atoms with E-state index in [4.69, 9.17) is 10.5 Å². The quantitative estimate of drug-likeness (QED) is 0.250. The van der Waals surface area contributed by atoms with Crippen molar-refractivity contribution in [1.29, 1.82) is 0 Å². The molecular weight excluding hydrogens is 458 g/mol. The number of amides is 1. The molecule has 0 saturated heterocycles. The molecule has 4 aromatic rings. The molecule has 3 aromatic carbocycles. The van der Waals surface area contributed by atoms with Crippen LogP contribution in [0.3, 0.4) is 0 Å². The molecule has 1 aromatic heterocycles. The Morgan fingerprint density at radius 3 is 2.26 bits per heavy atom. The van der Waals surface area contributed by atoms with Crippen LogP contribution in [0.25, 0.3) is 0 Å². The van der Waals surface area contributed by atoms with Gasteiger partial charge in [0.1, 0.15) is 15.6 Å².